The van der Waals surface area contributed by atoms with E-state index in [1.54, 1.807) is 6.20 Å². The highest BCUT2D eigenvalue weighted by Gasteiger charge is 2.36. The van der Waals surface area contributed by atoms with Gasteiger partial charge in [0.25, 0.3) is 0 Å². The van der Waals surface area contributed by atoms with Gasteiger partial charge in [0.1, 0.15) is 5.15 Å². The van der Waals surface area contributed by atoms with E-state index in [2.05, 4.69) is 48.8 Å². The lowest BCUT2D eigenvalue weighted by atomic mass is 10.0. The molecule has 0 N–H and O–H groups in total. The van der Waals surface area contributed by atoms with Gasteiger partial charge in [0, 0.05) is 12.8 Å². The van der Waals surface area contributed by atoms with E-state index < -0.39 is 19.8 Å². The van der Waals surface area contributed by atoms with Crippen LogP contribution in [0.1, 0.15) is 58.2 Å². The highest BCUT2D eigenvalue weighted by atomic mass is 35.5. The molecule has 0 bridgehead atoms. The van der Waals surface area contributed by atoms with E-state index in [0.29, 0.717) is 24.4 Å². The first kappa shape index (κ1) is 26.7. The molecule has 0 aliphatic heterocycles. The minimum Gasteiger partial charge on any atom is -0.417 e. The van der Waals surface area contributed by atoms with Crippen molar-refractivity contribution in [3.05, 3.63) is 56.2 Å². The summed E-state index contributed by atoms with van der Waals surface area (Å²) >= 11 is 12.1. The molecule has 0 atom stereocenters. The molecule has 0 saturated carbocycles. The molecule has 0 aliphatic rings. The Morgan fingerprint density at radius 3 is 2.47 bits per heavy atom. The molecule has 0 aliphatic carbocycles. The van der Waals surface area contributed by atoms with Crippen LogP contribution >= 0.6 is 23.2 Å². The van der Waals surface area contributed by atoms with Gasteiger partial charge in [0.2, 0.25) is 0 Å². The number of halogens is 3. The van der Waals surface area contributed by atoms with Crippen LogP contribution < -0.4 is 5.69 Å². The average Bonchev–Trinajstić information content (AvgIpc) is 2.72. The van der Waals surface area contributed by atoms with Crippen LogP contribution in [0.2, 0.25) is 28.4 Å². The van der Waals surface area contributed by atoms with E-state index in [-0.39, 0.29) is 32.3 Å². The number of aromatic nitrogens is 4. The molecule has 0 amide bonds. The van der Waals surface area contributed by atoms with Crippen molar-refractivity contribution in [2.45, 2.75) is 71.5 Å². The molecule has 10 heteroatoms. The van der Waals surface area contributed by atoms with Crippen molar-refractivity contribution in [3.63, 3.8) is 0 Å². The largest absolute Gasteiger partial charge is 0.417 e. The number of rotatable bonds is 7. The third-order valence-corrected chi connectivity index (χ3v) is 11.5. The summed E-state index contributed by atoms with van der Waals surface area (Å²) in [6.07, 6.45) is 3.15. The predicted molar refractivity (Wildman–Crippen MR) is 138 cm³/mol. The smallest absolute Gasteiger partial charge is 0.355 e. The maximum Gasteiger partial charge on any atom is 0.355 e. The fraction of sp³-hybridized carbons (Fsp3) is 0.500. The van der Waals surface area contributed by atoms with E-state index in [1.807, 2.05) is 19.9 Å². The Balaban J connectivity index is 2.10. The topological polar surface area (TPSA) is 69.9 Å². The van der Waals surface area contributed by atoms with E-state index >= 15 is 0 Å². The normalized spacial score (nSPS) is 12.7. The van der Waals surface area contributed by atoms with Crippen LogP contribution in [0.25, 0.3) is 16.7 Å². The SMILES string of the molecule is CC(C)c1nccc(CCCO[Si](C)(C)C(C)(C)C)c1-n1c(=O)nc(Cl)c2cc(F)c(Cl)nc21. The van der Waals surface area contributed by atoms with Gasteiger partial charge in [-0.3, -0.25) is 4.98 Å². The van der Waals surface area contributed by atoms with Crippen molar-refractivity contribution in [3.8, 4) is 5.69 Å². The number of hydrogen-bond acceptors (Lipinski definition) is 5. The lowest BCUT2D eigenvalue weighted by Crippen LogP contribution is -2.41. The van der Waals surface area contributed by atoms with Crippen LogP contribution in [-0.4, -0.2) is 34.4 Å². The third kappa shape index (κ3) is 5.35. The molecule has 0 spiro atoms. The molecule has 0 unspecified atom stereocenters. The summed E-state index contributed by atoms with van der Waals surface area (Å²) < 4.78 is 21.8. The number of fused-ring (bicyclic) bond motifs is 1. The third-order valence-electron chi connectivity index (χ3n) is 6.40. The number of pyridine rings is 2. The molecule has 34 heavy (non-hydrogen) atoms. The summed E-state index contributed by atoms with van der Waals surface area (Å²) in [5, 5.41) is -0.143. The first-order chi connectivity index (χ1) is 15.7. The lowest BCUT2D eigenvalue weighted by molar-refractivity contribution is 0.282. The van der Waals surface area contributed by atoms with Gasteiger partial charge < -0.3 is 4.43 Å². The van der Waals surface area contributed by atoms with E-state index in [4.69, 9.17) is 27.6 Å². The minimum atomic E-state index is -1.87. The summed E-state index contributed by atoms with van der Waals surface area (Å²) in [6.45, 7) is 15.7. The fourth-order valence-corrected chi connectivity index (χ4v) is 4.90. The zero-order chi connectivity index (χ0) is 25.4. The predicted octanol–water partition coefficient (Wildman–Crippen LogP) is 6.70. The fourth-order valence-electron chi connectivity index (χ4n) is 3.47. The van der Waals surface area contributed by atoms with Crippen molar-refractivity contribution in [1.82, 2.24) is 19.5 Å². The molecule has 0 aromatic carbocycles. The maximum absolute atomic E-state index is 14.1. The second-order valence-corrected chi connectivity index (χ2v) is 15.7. The summed E-state index contributed by atoms with van der Waals surface area (Å²) in [4.78, 5) is 25.7. The Morgan fingerprint density at radius 2 is 1.85 bits per heavy atom. The molecular weight excluding hydrogens is 494 g/mol. The average molecular weight is 526 g/mol. The van der Waals surface area contributed by atoms with Crippen molar-refractivity contribution < 1.29 is 8.82 Å². The second kappa shape index (κ2) is 10.0. The summed E-state index contributed by atoms with van der Waals surface area (Å²) in [5.41, 5.74) is 1.70. The van der Waals surface area contributed by atoms with Crippen LogP contribution in [0.5, 0.6) is 0 Å². The van der Waals surface area contributed by atoms with Crippen molar-refractivity contribution in [2.24, 2.45) is 0 Å². The van der Waals surface area contributed by atoms with E-state index in [1.165, 1.54) is 4.57 Å². The number of hydrogen-bond donors (Lipinski definition) is 0. The van der Waals surface area contributed by atoms with Crippen LogP contribution in [0.3, 0.4) is 0 Å². The highest BCUT2D eigenvalue weighted by Crippen LogP contribution is 2.37. The van der Waals surface area contributed by atoms with Crippen molar-refractivity contribution in [1.29, 1.82) is 0 Å². The molecule has 0 saturated heterocycles. The molecule has 184 valence electrons. The van der Waals surface area contributed by atoms with Crippen LogP contribution in [-0.2, 0) is 10.8 Å². The Morgan fingerprint density at radius 1 is 1.18 bits per heavy atom. The molecule has 3 aromatic rings. The van der Waals surface area contributed by atoms with Gasteiger partial charge in [0.15, 0.2) is 24.9 Å². The van der Waals surface area contributed by atoms with Gasteiger partial charge in [-0.1, -0.05) is 57.8 Å². The van der Waals surface area contributed by atoms with Gasteiger partial charge >= 0.3 is 5.69 Å². The zero-order valence-corrected chi connectivity index (χ0v) is 23.2. The minimum absolute atomic E-state index is 0.00646. The first-order valence-corrected chi connectivity index (χ1v) is 15.0. The second-order valence-electron chi connectivity index (χ2n) is 10.2. The monoisotopic (exact) mass is 524 g/mol. The zero-order valence-electron chi connectivity index (χ0n) is 20.7. The van der Waals surface area contributed by atoms with E-state index in [0.717, 1.165) is 18.1 Å². The summed E-state index contributed by atoms with van der Waals surface area (Å²) in [6, 6.07) is 3.03. The summed E-state index contributed by atoms with van der Waals surface area (Å²) in [7, 11) is -1.87. The Labute approximate surface area is 210 Å². The summed E-state index contributed by atoms with van der Waals surface area (Å²) in [5.74, 6) is -0.728. The molecule has 3 rings (SSSR count). The van der Waals surface area contributed by atoms with Gasteiger partial charge in [-0.05, 0) is 54.6 Å². The number of nitrogens with zero attached hydrogens (tertiary/aromatic N) is 4. The molecule has 3 aromatic heterocycles. The first-order valence-electron chi connectivity index (χ1n) is 11.3. The molecule has 0 radical (unpaired) electrons. The molecule has 3 heterocycles. The Bertz CT molecular complexity index is 1270. The van der Waals surface area contributed by atoms with Crippen LogP contribution in [0, 0.1) is 5.82 Å². The quantitative estimate of drug-likeness (QED) is 0.149. The molecular formula is C24H31Cl2FN4O2Si. The number of aryl methyl sites for hydroxylation is 1. The molecule has 6 nitrogen and oxygen atoms in total. The highest BCUT2D eigenvalue weighted by molar-refractivity contribution is 6.74. The lowest BCUT2D eigenvalue weighted by Gasteiger charge is -2.36. The Hall–Kier alpha value is -1.87. The maximum atomic E-state index is 14.1. The van der Waals surface area contributed by atoms with Gasteiger partial charge in [-0.15, -0.1) is 0 Å². The Kier molecular flexibility index (Phi) is 7.87. The van der Waals surface area contributed by atoms with Gasteiger partial charge in [0.05, 0.1) is 16.8 Å². The van der Waals surface area contributed by atoms with Crippen LogP contribution in [0.15, 0.2) is 23.1 Å². The van der Waals surface area contributed by atoms with Gasteiger partial charge in [-0.25, -0.2) is 18.7 Å². The van der Waals surface area contributed by atoms with E-state index in [9.17, 15) is 9.18 Å². The standard InChI is InChI=1S/C24H31Cl2FN4O2Si/c1-14(2)18-19(15(10-11-28-18)9-8-12-33-34(6,7)24(3,4)5)31-22-16(20(25)30-23(31)32)13-17(27)21(26)29-22/h10-11,13-14H,8-9,12H2,1-7H3. The van der Waals surface area contributed by atoms with Crippen molar-refractivity contribution in [2.75, 3.05) is 6.61 Å². The van der Waals surface area contributed by atoms with Crippen molar-refractivity contribution >= 4 is 42.6 Å². The molecule has 0 fully saturated rings. The van der Waals surface area contributed by atoms with Crippen LogP contribution in [0.4, 0.5) is 4.39 Å². The van der Waals surface area contributed by atoms with Gasteiger partial charge in [-0.2, -0.15) is 4.98 Å².